The highest BCUT2D eigenvalue weighted by Crippen LogP contribution is 2.22. The summed E-state index contributed by atoms with van der Waals surface area (Å²) in [5.41, 5.74) is 0.270. The van der Waals surface area contributed by atoms with Crippen molar-refractivity contribution >= 4 is 40.3 Å². The van der Waals surface area contributed by atoms with Crippen LogP contribution in [-0.2, 0) is 0 Å². The number of nitrogens with zero attached hydrogens (tertiary/aromatic N) is 2. The lowest BCUT2D eigenvalue weighted by molar-refractivity contribution is -0.394. The molecule has 0 radical (unpaired) electrons. The molecule has 0 aliphatic heterocycles. The van der Waals surface area contributed by atoms with E-state index in [1.165, 1.54) is 0 Å². The summed E-state index contributed by atoms with van der Waals surface area (Å²) in [6, 6.07) is 9.89. The SMILES string of the molecule is Cc1cccc(NC(=S)NC(=O)c2cc([N+](=O)[O-])cc([N+](=O)[O-])c2)c1. The van der Waals surface area contributed by atoms with Crippen molar-refractivity contribution in [3.63, 3.8) is 0 Å². The highest BCUT2D eigenvalue weighted by molar-refractivity contribution is 7.80. The number of hydrogen-bond acceptors (Lipinski definition) is 6. The number of benzene rings is 2. The molecule has 0 aromatic heterocycles. The Morgan fingerprint density at radius 1 is 1.04 bits per heavy atom. The van der Waals surface area contributed by atoms with Crippen LogP contribution in [0, 0.1) is 27.2 Å². The number of carbonyl (C=O) groups is 1. The van der Waals surface area contributed by atoms with Crippen molar-refractivity contribution < 1.29 is 14.6 Å². The van der Waals surface area contributed by atoms with Crippen LogP contribution in [0.3, 0.4) is 0 Å². The van der Waals surface area contributed by atoms with Crippen LogP contribution < -0.4 is 10.6 Å². The van der Waals surface area contributed by atoms with Gasteiger partial charge in [-0.2, -0.15) is 0 Å². The van der Waals surface area contributed by atoms with E-state index in [-0.39, 0.29) is 10.7 Å². The van der Waals surface area contributed by atoms with Gasteiger partial charge in [0.2, 0.25) is 0 Å². The molecule has 2 rings (SSSR count). The van der Waals surface area contributed by atoms with Crippen LogP contribution in [0.25, 0.3) is 0 Å². The molecule has 0 aliphatic rings. The molecule has 0 saturated heterocycles. The molecule has 0 aliphatic carbocycles. The first-order chi connectivity index (χ1) is 11.8. The number of non-ortho nitro benzene ring substituents is 2. The topological polar surface area (TPSA) is 127 Å². The van der Waals surface area contributed by atoms with Gasteiger partial charge < -0.3 is 5.32 Å². The van der Waals surface area contributed by atoms with Crippen LogP contribution in [0.15, 0.2) is 42.5 Å². The molecule has 0 fully saturated rings. The molecule has 2 aromatic rings. The van der Waals surface area contributed by atoms with Crippen molar-refractivity contribution in [2.45, 2.75) is 6.92 Å². The van der Waals surface area contributed by atoms with Gasteiger partial charge in [0.1, 0.15) is 0 Å². The van der Waals surface area contributed by atoms with E-state index in [0.717, 1.165) is 23.8 Å². The Balaban J connectivity index is 2.18. The van der Waals surface area contributed by atoms with Crippen LogP contribution >= 0.6 is 12.2 Å². The summed E-state index contributed by atoms with van der Waals surface area (Å²) in [5, 5.41) is 26.8. The second-order valence-electron chi connectivity index (χ2n) is 5.03. The molecule has 0 bridgehead atoms. The molecule has 2 N–H and O–H groups in total. The van der Waals surface area contributed by atoms with Gasteiger partial charge in [-0.25, -0.2) is 0 Å². The van der Waals surface area contributed by atoms with E-state index in [0.29, 0.717) is 5.69 Å². The predicted octanol–water partition coefficient (Wildman–Crippen LogP) is 2.94. The Kier molecular flexibility index (Phi) is 5.35. The third-order valence-corrected chi connectivity index (χ3v) is 3.29. The number of aryl methyl sites for hydroxylation is 1. The van der Waals surface area contributed by atoms with E-state index in [9.17, 15) is 25.0 Å². The van der Waals surface area contributed by atoms with Crippen molar-refractivity contribution in [1.82, 2.24) is 5.32 Å². The number of nitro benzene ring substituents is 2. The highest BCUT2D eigenvalue weighted by Gasteiger charge is 2.20. The van der Waals surface area contributed by atoms with Crippen LogP contribution in [0.1, 0.15) is 15.9 Å². The Bertz CT molecular complexity index is 852. The number of amides is 1. The van der Waals surface area contributed by atoms with Crippen molar-refractivity contribution in [2.75, 3.05) is 5.32 Å². The average Bonchev–Trinajstić information content (AvgIpc) is 2.54. The van der Waals surface area contributed by atoms with E-state index in [1.807, 2.05) is 13.0 Å². The van der Waals surface area contributed by atoms with Gasteiger partial charge in [-0.3, -0.25) is 30.3 Å². The zero-order valence-corrected chi connectivity index (χ0v) is 13.7. The largest absolute Gasteiger partial charge is 0.332 e. The summed E-state index contributed by atoms with van der Waals surface area (Å²) in [4.78, 5) is 32.3. The maximum absolute atomic E-state index is 12.2. The summed E-state index contributed by atoms with van der Waals surface area (Å²) in [7, 11) is 0. The van der Waals surface area contributed by atoms with Crippen LogP contribution in [0.5, 0.6) is 0 Å². The first-order valence-electron chi connectivity index (χ1n) is 6.89. The fraction of sp³-hybridized carbons (Fsp3) is 0.0667. The van der Waals surface area contributed by atoms with E-state index < -0.39 is 27.1 Å². The normalized spacial score (nSPS) is 9.96. The molecule has 128 valence electrons. The fourth-order valence-corrected chi connectivity index (χ4v) is 2.21. The van der Waals surface area contributed by atoms with Gasteiger partial charge in [0.05, 0.1) is 21.5 Å². The van der Waals surface area contributed by atoms with Gasteiger partial charge in [-0.05, 0) is 36.8 Å². The summed E-state index contributed by atoms with van der Waals surface area (Å²) in [6.07, 6.45) is 0. The first kappa shape index (κ1) is 17.9. The summed E-state index contributed by atoms with van der Waals surface area (Å²) >= 11 is 5.01. The van der Waals surface area contributed by atoms with E-state index in [4.69, 9.17) is 12.2 Å². The quantitative estimate of drug-likeness (QED) is 0.487. The lowest BCUT2D eigenvalue weighted by Crippen LogP contribution is -2.34. The highest BCUT2D eigenvalue weighted by atomic mass is 32.1. The molecule has 2 aromatic carbocycles. The lowest BCUT2D eigenvalue weighted by atomic mass is 10.1. The molecular formula is C15H12N4O5S. The number of anilines is 1. The van der Waals surface area contributed by atoms with Crippen LogP contribution in [0.2, 0.25) is 0 Å². The Hall–Kier alpha value is -3.40. The van der Waals surface area contributed by atoms with Gasteiger partial charge in [0.15, 0.2) is 5.11 Å². The number of nitrogens with one attached hydrogen (secondary N) is 2. The molecule has 0 atom stereocenters. The second kappa shape index (κ2) is 7.45. The van der Waals surface area contributed by atoms with Crippen molar-refractivity contribution in [1.29, 1.82) is 0 Å². The Morgan fingerprint density at radius 3 is 2.16 bits per heavy atom. The number of hydrogen-bond donors (Lipinski definition) is 2. The fourth-order valence-electron chi connectivity index (χ4n) is 2.00. The number of rotatable bonds is 4. The minimum Gasteiger partial charge on any atom is -0.332 e. The van der Waals surface area contributed by atoms with Gasteiger partial charge in [0, 0.05) is 17.8 Å². The second-order valence-corrected chi connectivity index (χ2v) is 5.44. The summed E-state index contributed by atoms with van der Waals surface area (Å²) in [6.45, 7) is 1.88. The standard InChI is InChI=1S/C15H12N4O5S/c1-9-3-2-4-11(5-9)16-15(25)17-14(20)10-6-12(18(21)22)8-13(7-10)19(23)24/h2-8H,1H3,(H2,16,17,20,25). The molecule has 10 heteroatoms. The molecule has 0 heterocycles. The van der Waals surface area contributed by atoms with Crippen molar-refractivity contribution in [3.8, 4) is 0 Å². The summed E-state index contributed by atoms with van der Waals surface area (Å²) < 4.78 is 0. The van der Waals surface area contributed by atoms with Crippen molar-refractivity contribution in [3.05, 3.63) is 73.8 Å². The van der Waals surface area contributed by atoms with E-state index in [1.54, 1.807) is 18.2 Å². The third kappa shape index (κ3) is 4.78. The van der Waals surface area contributed by atoms with Crippen molar-refractivity contribution in [2.24, 2.45) is 0 Å². The zero-order chi connectivity index (χ0) is 18.6. The molecular weight excluding hydrogens is 348 g/mol. The van der Waals surface area contributed by atoms with Gasteiger partial charge in [-0.15, -0.1) is 0 Å². The molecule has 0 saturated carbocycles. The molecule has 1 amide bonds. The predicted molar refractivity (Wildman–Crippen MR) is 94.6 cm³/mol. The van der Waals surface area contributed by atoms with Crippen LogP contribution in [0.4, 0.5) is 17.1 Å². The number of carbonyl (C=O) groups excluding carboxylic acids is 1. The van der Waals surface area contributed by atoms with E-state index in [2.05, 4.69) is 10.6 Å². The molecule has 9 nitrogen and oxygen atoms in total. The lowest BCUT2D eigenvalue weighted by Gasteiger charge is -2.10. The minimum atomic E-state index is -0.812. The van der Waals surface area contributed by atoms with E-state index >= 15 is 0 Å². The first-order valence-corrected chi connectivity index (χ1v) is 7.30. The minimum absolute atomic E-state index is 0.0373. The average molecular weight is 360 g/mol. The number of nitro groups is 2. The van der Waals surface area contributed by atoms with Gasteiger partial charge in [-0.1, -0.05) is 12.1 Å². The number of thiocarbonyl (C=S) groups is 1. The molecule has 0 unspecified atom stereocenters. The Labute approximate surface area is 147 Å². The van der Waals surface area contributed by atoms with Gasteiger partial charge in [0.25, 0.3) is 17.3 Å². The molecule has 0 spiro atoms. The Morgan fingerprint density at radius 2 is 1.64 bits per heavy atom. The smallest absolute Gasteiger partial charge is 0.277 e. The summed E-state index contributed by atoms with van der Waals surface area (Å²) in [5.74, 6) is -0.794. The maximum Gasteiger partial charge on any atom is 0.277 e. The maximum atomic E-state index is 12.2. The molecule has 25 heavy (non-hydrogen) atoms. The zero-order valence-electron chi connectivity index (χ0n) is 12.9. The monoisotopic (exact) mass is 360 g/mol. The van der Waals surface area contributed by atoms with Crippen LogP contribution in [-0.4, -0.2) is 20.9 Å². The third-order valence-electron chi connectivity index (χ3n) is 3.09. The van der Waals surface area contributed by atoms with Gasteiger partial charge >= 0.3 is 0 Å².